The Hall–Kier alpha value is -2.30. The molecule has 2 aromatic rings. The standard InChI is InChI=1S/C15H18N2O3/c1-10(5-4-8-14(18)19)16-15(20)13-9-11-6-2-3-7-12(11)17-13/h2-3,6-7,9-10,17H,4-5,8H2,1H3,(H,16,20)(H,18,19). The average molecular weight is 274 g/mol. The Balaban J connectivity index is 1.92. The van der Waals surface area contributed by atoms with Gasteiger partial charge in [0.2, 0.25) is 0 Å². The summed E-state index contributed by atoms with van der Waals surface area (Å²) in [5.74, 6) is -0.969. The van der Waals surface area contributed by atoms with Crippen LogP contribution in [0.25, 0.3) is 10.9 Å². The van der Waals surface area contributed by atoms with E-state index >= 15 is 0 Å². The van der Waals surface area contributed by atoms with Crippen LogP contribution in [0, 0.1) is 0 Å². The van der Waals surface area contributed by atoms with E-state index in [1.165, 1.54) is 0 Å². The molecule has 1 amide bonds. The van der Waals surface area contributed by atoms with Gasteiger partial charge in [-0.05, 0) is 31.9 Å². The van der Waals surface area contributed by atoms with E-state index in [0.29, 0.717) is 18.5 Å². The van der Waals surface area contributed by atoms with E-state index in [0.717, 1.165) is 10.9 Å². The minimum Gasteiger partial charge on any atom is -0.481 e. The van der Waals surface area contributed by atoms with Crippen LogP contribution in [0.3, 0.4) is 0 Å². The van der Waals surface area contributed by atoms with Gasteiger partial charge in [-0.2, -0.15) is 0 Å². The van der Waals surface area contributed by atoms with Gasteiger partial charge < -0.3 is 15.4 Å². The lowest BCUT2D eigenvalue weighted by molar-refractivity contribution is -0.137. The van der Waals surface area contributed by atoms with Crippen molar-refractivity contribution in [3.05, 3.63) is 36.0 Å². The number of rotatable bonds is 6. The van der Waals surface area contributed by atoms with Gasteiger partial charge in [0, 0.05) is 23.4 Å². The van der Waals surface area contributed by atoms with Crippen molar-refractivity contribution in [3.8, 4) is 0 Å². The third kappa shape index (κ3) is 3.60. The van der Waals surface area contributed by atoms with E-state index in [1.807, 2.05) is 37.3 Å². The van der Waals surface area contributed by atoms with Crippen LogP contribution in [-0.4, -0.2) is 28.0 Å². The van der Waals surface area contributed by atoms with E-state index in [1.54, 1.807) is 0 Å². The Morgan fingerprint density at radius 2 is 2.10 bits per heavy atom. The monoisotopic (exact) mass is 274 g/mol. The van der Waals surface area contributed by atoms with Crippen LogP contribution in [0.1, 0.15) is 36.7 Å². The number of fused-ring (bicyclic) bond motifs is 1. The topological polar surface area (TPSA) is 82.2 Å². The van der Waals surface area contributed by atoms with Crippen molar-refractivity contribution in [2.75, 3.05) is 0 Å². The molecule has 1 aromatic carbocycles. The molecule has 0 radical (unpaired) electrons. The number of carboxylic acid groups (broad SMARTS) is 1. The molecule has 1 atom stereocenters. The minimum absolute atomic E-state index is 0.0479. The summed E-state index contributed by atoms with van der Waals surface area (Å²) in [5.41, 5.74) is 1.45. The molecule has 0 saturated carbocycles. The molecule has 1 unspecified atom stereocenters. The lowest BCUT2D eigenvalue weighted by Crippen LogP contribution is -2.32. The van der Waals surface area contributed by atoms with E-state index in [9.17, 15) is 9.59 Å². The number of hydrogen-bond acceptors (Lipinski definition) is 2. The van der Waals surface area contributed by atoms with Crippen molar-refractivity contribution < 1.29 is 14.7 Å². The summed E-state index contributed by atoms with van der Waals surface area (Å²) in [7, 11) is 0. The van der Waals surface area contributed by atoms with E-state index in [2.05, 4.69) is 10.3 Å². The molecule has 5 nitrogen and oxygen atoms in total. The second-order valence-corrected chi connectivity index (χ2v) is 4.93. The second-order valence-electron chi connectivity index (χ2n) is 4.93. The van der Waals surface area contributed by atoms with Gasteiger partial charge in [0.1, 0.15) is 5.69 Å². The maximum absolute atomic E-state index is 12.1. The number of benzene rings is 1. The normalized spacial score (nSPS) is 12.2. The molecule has 0 fully saturated rings. The maximum Gasteiger partial charge on any atom is 0.303 e. The molecule has 0 aliphatic carbocycles. The van der Waals surface area contributed by atoms with Crippen LogP contribution in [0.5, 0.6) is 0 Å². The summed E-state index contributed by atoms with van der Waals surface area (Å²) >= 11 is 0. The van der Waals surface area contributed by atoms with Gasteiger partial charge >= 0.3 is 5.97 Å². The van der Waals surface area contributed by atoms with E-state index in [-0.39, 0.29) is 18.4 Å². The van der Waals surface area contributed by atoms with Gasteiger partial charge in [0.05, 0.1) is 0 Å². The first kappa shape index (κ1) is 14.1. The minimum atomic E-state index is -0.806. The zero-order valence-electron chi connectivity index (χ0n) is 11.3. The number of carboxylic acids is 1. The molecule has 2 rings (SSSR count). The highest BCUT2D eigenvalue weighted by Gasteiger charge is 2.12. The highest BCUT2D eigenvalue weighted by Crippen LogP contribution is 2.14. The molecule has 20 heavy (non-hydrogen) atoms. The summed E-state index contributed by atoms with van der Waals surface area (Å²) < 4.78 is 0. The first-order valence-corrected chi connectivity index (χ1v) is 6.66. The number of aromatic amines is 1. The second kappa shape index (κ2) is 6.23. The number of H-pyrrole nitrogens is 1. The number of para-hydroxylation sites is 1. The van der Waals surface area contributed by atoms with Crippen LogP contribution in [0.4, 0.5) is 0 Å². The number of amides is 1. The average Bonchev–Trinajstić information content (AvgIpc) is 2.82. The van der Waals surface area contributed by atoms with Crippen molar-refractivity contribution >= 4 is 22.8 Å². The van der Waals surface area contributed by atoms with Crippen LogP contribution >= 0.6 is 0 Å². The van der Waals surface area contributed by atoms with Gasteiger partial charge in [-0.25, -0.2) is 0 Å². The Bertz CT molecular complexity index is 585. The lowest BCUT2D eigenvalue weighted by Gasteiger charge is -2.12. The summed E-state index contributed by atoms with van der Waals surface area (Å²) in [6.45, 7) is 1.88. The van der Waals surface area contributed by atoms with Gasteiger partial charge in [-0.1, -0.05) is 18.2 Å². The molecule has 0 saturated heterocycles. The van der Waals surface area contributed by atoms with Crippen molar-refractivity contribution in [1.29, 1.82) is 0 Å². The van der Waals surface area contributed by atoms with E-state index in [4.69, 9.17) is 5.11 Å². The predicted octanol–water partition coefficient (Wildman–Crippen LogP) is 2.54. The molecule has 0 bridgehead atoms. The van der Waals surface area contributed by atoms with Crippen LogP contribution in [0.15, 0.2) is 30.3 Å². The lowest BCUT2D eigenvalue weighted by atomic mass is 10.1. The first-order chi connectivity index (χ1) is 9.56. The molecule has 0 aliphatic rings. The molecule has 0 spiro atoms. The van der Waals surface area contributed by atoms with Crippen molar-refractivity contribution in [2.45, 2.75) is 32.2 Å². The van der Waals surface area contributed by atoms with Crippen LogP contribution in [-0.2, 0) is 4.79 Å². The Morgan fingerprint density at radius 3 is 2.80 bits per heavy atom. The molecular weight excluding hydrogens is 256 g/mol. The van der Waals surface area contributed by atoms with Gasteiger partial charge in [-0.15, -0.1) is 0 Å². The molecule has 5 heteroatoms. The molecule has 1 heterocycles. The summed E-state index contributed by atoms with van der Waals surface area (Å²) in [6, 6.07) is 9.46. The van der Waals surface area contributed by atoms with Crippen LogP contribution < -0.4 is 5.32 Å². The van der Waals surface area contributed by atoms with Crippen molar-refractivity contribution in [2.24, 2.45) is 0 Å². The quantitative estimate of drug-likeness (QED) is 0.757. The number of nitrogens with one attached hydrogen (secondary N) is 2. The number of aromatic nitrogens is 1. The summed E-state index contributed by atoms with van der Waals surface area (Å²) in [4.78, 5) is 25.6. The molecule has 0 aliphatic heterocycles. The highest BCUT2D eigenvalue weighted by molar-refractivity contribution is 5.98. The third-order valence-electron chi connectivity index (χ3n) is 3.18. The number of aliphatic carboxylic acids is 1. The van der Waals surface area contributed by atoms with E-state index < -0.39 is 5.97 Å². The Labute approximate surface area is 117 Å². The third-order valence-corrected chi connectivity index (χ3v) is 3.18. The fourth-order valence-electron chi connectivity index (χ4n) is 2.13. The smallest absolute Gasteiger partial charge is 0.303 e. The SMILES string of the molecule is CC(CCCC(=O)O)NC(=O)c1cc2ccccc2[nH]1. The summed E-state index contributed by atoms with van der Waals surface area (Å²) in [6.07, 6.45) is 1.34. The maximum atomic E-state index is 12.1. The predicted molar refractivity (Wildman–Crippen MR) is 76.7 cm³/mol. The van der Waals surface area contributed by atoms with Crippen molar-refractivity contribution in [3.63, 3.8) is 0 Å². The molecule has 3 N–H and O–H groups in total. The van der Waals surface area contributed by atoms with Crippen molar-refractivity contribution in [1.82, 2.24) is 10.3 Å². The first-order valence-electron chi connectivity index (χ1n) is 6.66. The largest absolute Gasteiger partial charge is 0.481 e. The number of carbonyl (C=O) groups is 2. The van der Waals surface area contributed by atoms with Gasteiger partial charge in [0.25, 0.3) is 5.91 Å². The van der Waals surface area contributed by atoms with Gasteiger partial charge in [-0.3, -0.25) is 9.59 Å². The zero-order chi connectivity index (χ0) is 14.5. The zero-order valence-corrected chi connectivity index (χ0v) is 11.3. The summed E-state index contributed by atoms with van der Waals surface area (Å²) in [5, 5.41) is 12.4. The fraction of sp³-hybridized carbons (Fsp3) is 0.333. The highest BCUT2D eigenvalue weighted by atomic mass is 16.4. The molecular formula is C15H18N2O3. The fourth-order valence-corrected chi connectivity index (χ4v) is 2.13. The Kier molecular flexibility index (Phi) is 4.40. The van der Waals surface area contributed by atoms with Crippen LogP contribution in [0.2, 0.25) is 0 Å². The number of hydrogen-bond donors (Lipinski definition) is 3. The molecule has 1 aromatic heterocycles. The Morgan fingerprint density at radius 1 is 1.35 bits per heavy atom. The molecule has 106 valence electrons. The number of carbonyl (C=O) groups excluding carboxylic acids is 1. The van der Waals surface area contributed by atoms with Gasteiger partial charge in [0.15, 0.2) is 0 Å².